The lowest BCUT2D eigenvalue weighted by molar-refractivity contribution is -0.144. The summed E-state index contributed by atoms with van der Waals surface area (Å²) in [5, 5.41) is 0. The fourth-order valence-corrected chi connectivity index (χ4v) is 3.67. The van der Waals surface area contributed by atoms with Crippen LogP contribution in [-0.2, 0) is 9.53 Å². The van der Waals surface area contributed by atoms with E-state index in [1.54, 1.807) is 0 Å². The van der Waals surface area contributed by atoms with Crippen LogP contribution in [0.5, 0.6) is 0 Å². The molecule has 0 aromatic carbocycles. The zero-order valence-electron chi connectivity index (χ0n) is 13.0. The lowest BCUT2D eigenvalue weighted by Crippen LogP contribution is -2.34. The van der Waals surface area contributed by atoms with Gasteiger partial charge in [0.2, 0.25) is 0 Å². The van der Waals surface area contributed by atoms with Crippen molar-refractivity contribution in [3.05, 3.63) is 0 Å². The van der Waals surface area contributed by atoms with Gasteiger partial charge in [-0.1, -0.05) is 34.6 Å². The summed E-state index contributed by atoms with van der Waals surface area (Å²) in [5.41, 5.74) is 0.0967. The Morgan fingerprint density at radius 1 is 1.17 bits per heavy atom. The van der Waals surface area contributed by atoms with Crippen molar-refractivity contribution in [2.45, 2.75) is 60.8 Å². The molecule has 1 fully saturated rings. The maximum absolute atomic E-state index is 10.9. The zero-order chi connectivity index (χ0) is 13.9. The molecule has 0 heterocycles. The van der Waals surface area contributed by atoms with Gasteiger partial charge in [-0.05, 0) is 48.3 Å². The second kappa shape index (κ2) is 6.08. The van der Waals surface area contributed by atoms with Crippen LogP contribution < -0.4 is 0 Å². The Morgan fingerprint density at radius 2 is 1.67 bits per heavy atom. The largest absolute Gasteiger partial charge is 0.465 e. The van der Waals surface area contributed by atoms with Crippen LogP contribution in [0.25, 0.3) is 0 Å². The van der Waals surface area contributed by atoms with Crippen molar-refractivity contribution in [1.29, 1.82) is 0 Å². The van der Waals surface area contributed by atoms with E-state index in [-0.39, 0.29) is 11.4 Å². The molecule has 0 saturated heterocycles. The molecule has 106 valence electrons. The maximum Gasteiger partial charge on any atom is 0.302 e. The molecule has 1 saturated carbocycles. The van der Waals surface area contributed by atoms with Crippen LogP contribution in [0.15, 0.2) is 0 Å². The van der Waals surface area contributed by atoms with Crippen LogP contribution in [-0.4, -0.2) is 12.6 Å². The van der Waals surface area contributed by atoms with Crippen LogP contribution in [0, 0.1) is 29.1 Å². The first kappa shape index (κ1) is 15.5. The van der Waals surface area contributed by atoms with Crippen molar-refractivity contribution in [2.75, 3.05) is 6.61 Å². The SMILES string of the molecule is CC(=O)OCC(C)(C)CC1C(C)CC(C)CC1C. The third kappa shape index (κ3) is 4.62. The van der Waals surface area contributed by atoms with Crippen molar-refractivity contribution in [1.82, 2.24) is 0 Å². The Balaban J connectivity index is 2.56. The fraction of sp³-hybridized carbons (Fsp3) is 0.938. The summed E-state index contributed by atoms with van der Waals surface area (Å²) in [6.07, 6.45) is 3.85. The first-order chi connectivity index (χ1) is 8.21. The van der Waals surface area contributed by atoms with Gasteiger partial charge in [-0.15, -0.1) is 0 Å². The van der Waals surface area contributed by atoms with E-state index in [1.807, 2.05) is 0 Å². The van der Waals surface area contributed by atoms with Crippen molar-refractivity contribution in [3.63, 3.8) is 0 Å². The summed E-state index contributed by atoms with van der Waals surface area (Å²) < 4.78 is 5.20. The van der Waals surface area contributed by atoms with Gasteiger partial charge in [0.1, 0.15) is 0 Å². The lowest BCUT2D eigenvalue weighted by Gasteiger charge is -2.41. The minimum Gasteiger partial charge on any atom is -0.465 e. The number of ether oxygens (including phenoxy) is 1. The van der Waals surface area contributed by atoms with Gasteiger partial charge >= 0.3 is 5.97 Å². The Bertz CT molecular complexity index is 271. The Hall–Kier alpha value is -0.530. The van der Waals surface area contributed by atoms with E-state index in [0.717, 1.165) is 30.1 Å². The van der Waals surface area contributed by atoms with E-state index in [4.69, 9.17) is 4.74 Å². The summed E-state index contributed by atoms with van der Waals surface area (Å²) >= 11 is 0. The number of hydrogen-bond donors (Lipinski definition) is 0. The normalized spacial score (nSPS) is 33.2. The monoisotopic (exact) mass is 254 g/mol. The molecule has 2 heteroatoms. The van der Waals surface area contributed by atoms with Gasteiger partial charge in [-0.3, -0.25) is 4.79 Å². The smallest absolute Gasteiger partial charge is 0.302 e. The van der Waals surface area contributed by atoms with Gasteiger partial charge in [0.25, 0.3) is 0 Å². The van der Waals surface area contributed by atoms with Crippen LogP contribution in [0.1, 0.15) is 60.8 Å². The van der Waals surface area contributed by atoms with Gasteiger partial charge in [0, 0.05) is 6.92 Å². The highest BCUT2D eigenvalue weighted by atomic mass is 16.5. The van der Waals surface area contributed by atoms with Crippen LogP contribution in [0.4, 0.5) is 0 Å². The van der Waals surface area contributed by atoms with E-state index in [1.165, 1.54) is 19.8 Å². The Labute approximate surface area is 112 Å². The topological polar surface area (TPSA) is 26.3 Å². The van der Waals surface area contributed by atoms with Gasteiger partial charge in [-0.2, -0.15) is 0 Å². The lowest BCUT2D eigenvalue weighted by atomic mass is 9.64. The second-order valence-electron chi connectivity index (χ2n) is 7.34. The summed E-state index contributed by atoms with van der Waals surface area (Å²) in [5.74, 6) is 3.05. The van der Waals surface area contributed by atoms with Crippen LogP contribution in [0.2, 0.25) is 0 Å². The molecule has 0 bridgehead atoms. The summed E-state index contributed by atoms with van der Waals surface area (Å²) in [7, 11) is 0. The molecule has 1 aliphatic carbocycles. The average molecular weight is 254 g/mol. The molecule has 0 spiro atoms. The Morgan fingerprint density at radius 3 is 2.11 bits per heavy atom. The van der Waals surface area contributed by atoms with Crippen molar-refractivity contribution >= 4 is 5.97 Å². The number of hydrogen-bond acceptors (Lipinski definition) is 2. The highest BCUT2D eigenvalue weighted by Gasteiger charge is 2.35. The third-order valence-corrected chi connectivity index (χ3v) is 4.46. The van der Waals surface area contributed by atoms with Gasteiger partial charge < -0.3 is 4.74 Å². The molecule has 1 rings (SSSR count). The molecular formula is C16H30O2. The Kier molecular flexibility index (Phi) is 5.24. The minimum atomic E-state index is -0.165. The van der Waals surface area contributed by atoms with Gasteiger partial charge in [0.05, 0.1) is 6.61 Å². The number of esters is 1. The highest BCUT2D eigenvalue weighted by molar-refractivity contribution is 5.65. The first-order valence-electron chi connectivity index (χ1n) is 7.34. The predicted octanol–water partition coefficient (Wildman–Crippen LogP) is 4.28. The standard InChI is InChI=1S/C16H30O2/c1-11-7-12(2)15(13(3)8-11)9-16(5,6)10-18-14(4)17/h11-13,15H,7-10H2,1-6H3. The predicted molar refractivity (Wildman–Crippen MR) is 75.2 cm³/mol. The molecule has 1 aliphatic rings. The zero-order valence-corrected chi connectivity index (χ0v) is 13.0. The fourth-order valence-electron chi connectivity index (χ4n) is 3.67. The van der Waals surface area contributed by atoms with Gasteiger partial charge in [-0.25, -0.2) is 0 Å². The van der Waals surface area contributed by atoms with E-state index >= 15 is 0 Å². The molecule has 2 unspecified atom stereocenters. The summed E-state index contributed by atoms with van der Waals surface area (Å²) in [6, 6.07) is 0. The van der Waals surface area contributed by atoms with Crippen molar-refractivity contribution in [3.8, 4) is 0 Å². The molecule has 0 aromatic heterocycles. The molecule has 0 amide bonds. The van der Waals surface area contributed by atoms with Crippen molar-refractivity contribution < 1.29 is 9.53 Å². The van der Waals surface area contributed by atoms with Crippen LogP contribution in [0.3, 0.4) is 0 Å². The van der Waals surface area contributed by atoms with Gasteiger partial charge in [0.15, 0.2) is 0 Å². The molecule has 0 N–H and O–H groups in total. The summed E-state index contributed by atoms with van der Waals surface area (Å²) in [6.45, 7) is 13.6. The van der Waals surface area contributed by atoms with Crippen molar-refractivity contribution in [2.24, 2.45) is 29.1 Å². The minimum absolute atomic E-state index is 0.0967. The summed E-state index contributed by atoms with van der Waals surface area (Å²) in [4.78, 5) is 10.9. The number of carbonyl (C=O) groups is 1. The molecule has 0 aromatic rings. The molecule has 2 nitrogen and oxygen atoms in total. The van der Waals surface area contributed by atoms with E-state index in [2.05, 4.69) is 34.6 Å². The quantitative estimate of drug-likeness (QED) is 0.700. The number of rotatable bonds is 4. The van der Waals surface area contributed by atoms with E-state index in [9.17, 15) is 4.79 Å². The van der Waals surface area contributed by atoms with E-state index in [0.29, 0.717) is 6.61 Å². The molecule has 2 atom stereocenters. The number of carbonyl (C=O) groups excluding carboxylic acids is 1. The van der Waals surface area contributed by atoms with Crippen LogP contribution >= 0.6 is 0 Å². The van der Waals surface area contributed by atoms with E-state index < -0.39 is 0 Å². The first-order valence-corrected chi connectivity index (χ1v) is 7.34. The average Bonchev–Trinajstić information content (AvgIpc) is 2.21. The third-order valence-electron chi connectivity index (χ3n) is 4.46. The molecule has 18 heavy (non-hydrogen) atoms. The maximum atomic E-state index is 10.9. The highest BCUT2D eigenvalue weighted by Crippen LogP contribution is 2.43. The molecule has 0 aliphatic heterocycles. The molecule has 0 radical (unpaired) electrons. The molecular weight excluding hydrogens is 224 g/mol. The second-order valence-corrected chi connectivity index (χ2v) is 7.34.